The number of nitrogens with zero attached hydrogens (tertiary/aromatic N) is 3. The third-order valence-corrected chi connectivity index (χ3v) is 2.00. The lowest BCUT2D eigenvalue weighted by Gasteiger charge is -1.93. The van der Waals surface area contributed by atoms with E-state index < -0.39 is 11.0 Å². The molecule has 2 rings (SSSR count). The van der Waals surface area contributed by atoms with Crippen LogP contribution in [-0.4, -0.2) is 11.0 Å². The van der Waals surface area contributed by atoms with Crippen LogP contribution in [0.1, 0.15) is 5.56 Å². The summed E-state index contributed by atoms with van der Waals surface area (Å²) in [4.78, 5) is 28.0. The minimum absolute atomic E-state index is 0.0441. The highest BCUT2D eigenvalue weighted by Gasteiger charge is 2.16. The van der Waals surface area contributed by atoms with Gasteiger partial charge >= 0.3 is 6.03 Å². The van der Waals surface area contributed by atoms with Gasteiger partial charge in [-0.05, 0) is 13.0 Å². The van der Waals surface area contributed by atoms with Crippen molar-refractivity contribution >= 4 is 11.7 Å². The van der Waals surface area contributed by atoms with Gasteiger partial charge in [0.1, 0.15) is 5.36 Å². The summed E-state index contributed by atoms with van der Waals surface area (Å²) in [6.45, 7) is 1.55. The Morgan fingerprint density at radius 3 is 2.71 bits per heavy atom. The molecule has 0 unspecified atom stereocenters. The normalized spacial score (nSPS) is 13.1. The van der Waals surface area contributed by atoms with Crippen molar-refractivity contribution in [1.29, 1.82) is 0 Å². The topological polar surface area (TPSA) is 84.9 Å². The first-order valence-electron chi connectivity index (χ1n) is 3.85. The average molecular weight is 191 g/mol. The highest BCUT2D eigenvalue weighted by Crippen LogP contribution is 2.11. The summed E-state index contributed by atoms with van der Waals surface area (Å²) in [5.41, 5.74) is 0.333. The molecule has 0 N–H and O–H groups in total. The van der Waals surface area contributed by atoms with Crippen LogP contribution in [0.4, 0.5) is 10.5 Å². The van der Waals surface area contributed by atoms with Crippen LogP contribution in [0.2, 0.25) is 0 Å². The molecule has 0 fully saturated rings. The second kappa shape index (κ2) is 2.69. The summed E-state index contributed by atoms with van der Waals surface area (Å²) in [6.07, 6.45) is 0. The van der Waals surface area contributed by atoms with Crippen LogP contribution in [-0.2, 0) is 0 Å². The summed E-state index contributed by atoms with van der Waals surface area (Å²) in [7, 11) is 0. The minimum Gasteiger partial charge on any atom is -0.258 e. The van der Waals surface area contributed by atoms with Crippen molar-refractivity contribution in [3.63, 3.8) is 0 Å². The number of benzene rings is 1. The first-order valence-corrected chi connectivity index (χ1v) is 3.85. The van der Waals surface area contributed by atoms with Gasteiger partial charge in [-0.2, -0.15) is 9.98 Å². The minimum atomic E-state index is -0.608. The molecular weight excluding hydrogens is 186 g/mol. The molecule has 0 spiro atoms. The van der Waals surface area contributed by atoms with Gasteiger partial charge < -0.3 is 0 Å². The van der Waals surface area contributed by atoms with Crippen LogP contribution in [0.25, 0.3) is 0 Å². The maximum atomic E-state index is 10.8. The van der Waals surface area contributed by atoms with Crippen molar-refractivity contribution in [3.8, 4) is 0 Å². The number of amides is 2. The van der Waals surface area contributed by atoms with E-state index in [0.717, 1.165) is 0 Å². The molecule has 2 amide bonds. The van der Waals surface area contributed by atoms with Crippen LogP contribution in [0.5, 0.6) is 0 Å². The smallest absolute Gasteiger partial charge is 0.258 e. The van der Waals surface area contributed by atoms with Crippen molar-refractivity contribution in [1.82, 2.24) is 0 Å². The van der Waals surface area contributed by atoms with Crippen LogP contribution in [0.15, 0.2) is 22.1 Å². The van der Waals surface area contributed by atoms with E-state index in [2.05, 4.69) is 9.98 Å². The molecule has 0 bridgehead atoms. The van der Waals surface area contributed by atoms with Gasteiger partial charge in [-0.15, -0.1) is 0 Å². The SMILES string of the molecule is Cc1c([N+](=O)[O-])ccc2c1=NC(=O)N=2. The van der Waals surface area contributed by atoms with Gasteiger partial charge in [-0.25, -0.2) is 4.79 Å². The highest BCUT2D eigenvalue weighted by molar-refractivity contribution is 5.77. The van der Waals surface area contributed by atoms with E-state index in [1.807, 2.05) is 0 Å². The molecule has 0 saturated carbocycles. The molecule has 1 aromatic rings. The highest BCUT2D eigenvalue weighted by atomic mass is 16.6. The Morgan fingerprint density at radius 1 is 1.36 bits per heavy atom. The molecule has 6 heteroatoms. The third-order valence-electron chi connectivity index (χ3n) is 2.00. The first-order chi connectivity index (χ1) is 6.59. The first kappa shape index (κ1) is 8.49. The maximum Gasteiger partial charge on any atom is 0.368 e. The molecule has 0 aromatic heterocycles. The van der Waals surface area contributed by atoms with Crippen LogP contribution < -0.4 is 10.7 Å². The fourth-order valence-corrected chi connectivity index (χ4v) is 1.33. The van der Waals surface area contributed by atoms with Crippen molar-refractivity contribution in [2.75, 3.05) is 0 Å². The lowest BCUT2D eigenvalue weighted by Crippen LogP contribution is -2.25. The summed E-state index contributed by atoms with van der Waals surface area (Å²) in [5.74, 6) is 0. The number of hydrogen-bond donors (Lipinski definition) is 0. The zero-order valence-electron chi connectivity index (χ0n) is 7.22. The second-order valence-corrected chi connectivity index (χ2v) is 2.84. The van der Waals surface area contributed by atoms with Gasteiger partial charge in [0.2, 0.25) is 0 Å². The molecule has 1 heterocycles. The van der Waals surface area contributed by atoms with Crippen LogP contribution in [0, 0.1) is 17.0 Å². The van der Waals surface area contributed by atoms with Crippen molar-refractivity contribution in [2.24, 2.45) is 9.98 Å². The fourth-order valence-electron chi connectivity index (χ4n) is 1.33. The molecule has 1 aliphatic heterocycles. The number of urea groups is 1. The van der Waals surface area contributed by atoms with Gasteiger partial charge in [-0.1, -0.05) is 0 Å². The van der Waals surface area contributed by atoms with Crippen molar-refractivity contribution < 1.29 is 9.72 Å². The van der Waals surface area contributed by atoms with E-state index in [1.54, 1.807) is 6.92 Å². The lowest BCUT2D eigenvalue weighted by molar-refractivity contribution is -0.385. The van der Waals surface area contributed by atoms with E-state index in [9.17, 15) is 14.9 Å². The molecule has 1 aliphatic rings. The van der Waals surface area contributed by atoms with E-state index in [0.29, 0.717) is 16.3 Å². The van der Waals surface area contributed by atoms with Crippen molar-refractivity contribution in [3.05, 3.63) is 38.5 Å². The molecule has 70 valence electrons. The summed E-state index contributed by atoms with van der Waals surface area (Å²) >= 11 is 0. The number of rotatable bonds is 1. The van der Waals surface area contributed by atoms with E-state index in [4.69, 9.17) is 0 Å². The molecule has 0 atom stereocenters. The monoisotopic (exact) mass is 191 g/mol. The third kappa shape index (κ3) is 1.08. The van der Waals surface area contributed by atoms with Crippen LogP contribution >= 0.6 is 0 Å². The molecule has 1 aromatic carbocycles. The molecule has 6 nitrogen and oxygen atoms in total. The number of carbonyl (C=O) groups excluding carboxylic acids is 1. The predicted octanol–water partition coefficient (Wildman–Crippen LogP) is 0.276. The second-order valence-electron chi connectivity index (χ2n) is 2.84. The number of nitro benzene ring substituents is 1. The van der Waals surface area contributed by atoms with Crippen molar-refractivity contribution in [2.45, 2.75) is 6.92 Å². The Kier molecular flexibility index (Phi) is 1.63. The zero-order valence-corrected chi connectivity index (χ0v) is 7.22. The Bertz CT molecular complexity index is 562. The number of hydrogen-bond acceptors (Lipinski definition) is 3. The Balaban J connectivity index is 2.85. The zero-order chi connectivity index (χ0) is 10.3. The lowest BCUT2D eigenvalue weighted by atomic mass is 10.2. The predicted molar refractivity (Wildman–Crippen MR) is 45.5 cm³/mol. The molecule has 0 aliphatic carbocycles. The Hall–Kier alpha value is -2.11. The number of fused-ring (bicyclic) bond motifs is 1. The molecule has 0 saturated heterocycles. The Morgan fingerprint density at radius 2 is 2.07 bits per heavy atom. The Labute approximate surface area is 77.8 Å². The summed E-state index contributed by atoms with van der Waals surface area (Å²) in [6, 6.07) is 2.14. The maximum absolute atomic E-state index is 10.8. The van der Waals surface area contributed by atoms with E-state index in [-0.39, 0.29) is 5.69 Å². The average Bonchev–Trinajstić information content (AvgIpc) is 2.46. The number of nitro groups is 1. The number of carbonyl (C=O) groups is 1. The van der Waals surface area contributed by atoms with Gasteiger partial charge in [0.15, 0.2) is 0 Å². The van der Waals surface area contributed by atoms with E-state index in [1.165, 1.54) is 12.1 Å². The van der Waals surface area contributed by atoms with Gasteiger partial charge in [0.25, 0.3) is 5.69 Å². The molecule has 0 radical (unpaired) electrons. The van der Waals surface area contributed by atoms with E-state index >= 15 is 0 Å². The van der Waals surface area contributed by atoms with Gasteiger partial charge in [0.05, 0.1) is 15.8 Å². The largest absolute Gasteiger partial charge is 0.368 e. The molecule has 14 heavy (non-hydrogen) atoms. The van der Waals surface area contributed by atoms with Crippen LogP contribution in [0.3, 0.4) is 0 Å². The van der Waals surface area contributed by atoms with Gasteiger partial charge in [-0.3, -0.25) is 10.1 Å². The fraction of sp³-hybridized carbons (Fsp3) is 0.125. The standard InChI is InChI=1S/C8H5N3O3/c1-4-6(11(13)14)3-2-5-7(4)10-8(12)9-5/h2-3H,1H3. The summed E-state index contributed by atoms with van der Waals surface area (Å²) < 4.78 is 0. The summed E-state index contributed by atoms with van der Waals surface area (Å²) in [5, 5.41) is 11.3. The quantitative estimate of drug-likeness (QED) is 0.471. The molecular formula is C8H5N3O3. The van der Waals surface area contributed by atoms with Gasteiger partial charge in [0, 0.05) is 6.07 Å².